The third kappa shape index (κ3) is 4.91. The number of methoxy groups -OCH3 is 1. The average molecular weight is 284 g/mol. The number of amides is 1. The number of benzene rings is 1. The Hall–Kier alpha value is -1.55. The minimum atomic E-state index is -0.460. The predicted octanol–water partition coefficient (Wildman–Crippen LogP) is 3.65. The number of halogens is 1. The van der Waals surface area contributed by atoms with Crippen molar-refractivity contribution in [1.82, 2.24) is 0 Å². The van der Waals surface area contributed by atoms with Crippen molar-refractivity contribution in [2.24, 2.45) is 0 Å². The van der Waals surface area contributed by atoms with Gasteiger partial charge in [-0.3, -0.25) is 4.79 Å². The van der Waals surface area contributed by atoms with Gasteiger partial charge in [-0.15, -0.1) is 0 Å². The lowest BCUT2D eigenvalue weighted by molar-refractivity contribution is -0.116. The minimum Gasteiger partial charge on any atom is -0.465 e. The molecule has 1 rings (SSSR count). The third-order valence-corrected chi connectivity index (χ3v) is 3.00. The van der Waals surface area contributed by atoms with Gasteiger partial charge in [0.1, 0.15) is 0 Å². The molecule has 0 aliphatic heterocycles. The molecule has 1 N–H and O–H groups in total. The molecule has 1 amide bonds. The summed E-state index contributed by atoms with van der Waals surface area (Å²) >= 11 is 5.98. The first-order valence-corrected chi connectivity index (χ1v) is 6.64. The summed E-state index contributed by atoms with van der Waals surface area (Å²) < 4.78 is 4.62. The van der Waals surface area contributed by atoms with Crippen LogP contribution in [0.25, 0.3) is 0 Å². The molecule has 0 fully saturated rings. The van der Waals surface area contributed by atoms with Gasteiger partial charge in [0.05, 0.1) is 23.4 Å². The lowest BCUT2D eigenvalue weighted by Crippen LogP contribution is -2.12. The fourth-order valence-electron chi connectivity index (χ4n) is 1.61. The van der Waals surface area contributed by atoms with Crippen molar-refractivity contribution < 1.29 is 14.3 Å². The number of hydrogen-bond donors (Lipinski definition) is 1. The Bertz CT molecular complexity index is 460. The number of anilines is 1. The van der Waals surface area contributed by atoms with Gasteiger partial charge in [-0.1, -0.05) is 31.4 Å². The van der Waals surface area contributed by atoms with Crippen LogP contribution >= 0.6 is 11.6 Å². The summed E-state index contributed by atoms with van der Waals surface area (Å²) in [5.41, 5.74) is 0.793. The number of carbonyl (C=O) groups excluding carboxylic acids is 2. The van der Waals surface area contributed by atoms with Crippen molar-refractivity contribution in [2.45, 2.75) is 32.6 Å². The van der Waals surface area contributed by atoms with Gasteiger partial charge in [-0.25, -0.2) is 4.79 Å². The zero-order valence-corrected chi connectivity index (χ0v) is 11.9. The second-order valence-electron chi connectivity index (χ2n) is 4.19. The standard InChI is InChI=1S/C14H18ClNO3/c1-3-4-5-6-13(17)16-12-9-10(14(18)19-2)7-8-11(12)15/h7-9H,3-6H2,1-2H3,(H,16,17). The molecule has 0 aliphatic rings. The molecule has 0 spiro atoms. The van der Waals surface area contributed by atoms with Crippen LogP contribution in [0.2, 0.25) is 5.02 Å². The van der Waals surface area contributed by atoms with E-state index in [9.17, 15) is 9.59 Å². The first-order valence-electron chi connectivity index (χ1n) is 6.26. The molecule has 0 atom stereocenters. The van der Waals surface area contributed by atoms with Gasteiger partial charge in [-0.05, 0) is 24.6 Å². The van der Waals surface area contributed by atoms with Crippen LogP contribution in [0.15, 0.2) is 18.2 Å². The minimum absolute atomic E-state index is 0.0997. The maximum Gasteiger partial charge on any atom is 0.337 e. The van der Waals surface area contributed by atoms with Crippen LogP contribution in [0, 0.1) is 0 Å². The maximum atomic E-state index is 11.7. The summed E-state index contributed by atoms with van der Waals surface area (Å²) in [5, 5.41) is 3.11. The topological polar surface area (TPSA) is 55.4 Å². The smallest absolute Gasteiger partial charge is 0.337 e. The molecule has 0 bridgehead atoms. The second kappa shape index (κ2) is 7.79. The summed E-state index contributed by atoms with van der Waals surface area (Å²) in [7, 11) is 1.31. The Labute approximate surface area is 118 Å². The van der Waals surface area contributed by atoms with E-state index in [1.165, 1.54) is 13.2 Å². The molecule has 19 heavy (non-hydrogen) atoms. The SMILES string of the molecule is CCCCCC(=O)Nc1cc(C(=O)OC)ccc1Cl. The highest BCUT2D eigenvalue weighted by atomic mass is 35.5. The lowest BCUT2D eigenvalue weighted by atomic mass is 10.1. The molecule has 104 valence electrons. The van der Waals surface area contributed by atoms with Gasteiger partial charge in [0, 0.05) is 6.42 Å². The van der Waals surface area contributed by atoms with Crippen molar-refractivity contribution in [3.05, 3.63) is 28.8 Å². The normalized spacial score (nSPS) is 10.1. The molecule has 0 saturated carbocycles. The zero-order chi connectivity index (χ0) is 14.3. The number of carbonyl (C=O) groups is 2. The number of unbranched alkanes of at least 4 members (excludes halogenated alkanes) is 2. The van der Waals surface area contributed by atoms with Crippen molar-refractivity contribution in [3.63, 3.8) is 0 Å². The molecule has 0 radical (unpaired) electrons. The molecule has 0 aromatic heterocycles. The van der Waals surface area contributed by atoms with Crippen LogP contribution in [0.3, 0.4) is 0 Å². The monoisotopic (exact) mass is 283 g/mol. The van der Waals surface area contributed by atoms with Gasteiger partial charge in [0.25, 0.3) is 0 Å². The summed E-state index contributed by atoms with van der Waals surface area (Å²) in [6.45, 7) is 2.08. The Balaban J connectivity index is 2.71. The third-order valence-electron chi connectivity index (χ3n) is 2.67. The van der Waals surface area contributed by atoms with Gasteiger partial charge in [0.15, 0.2) is 0 Å². The van der Waals surface area contributed by atoms with Gasteiger partial charge < -0.3 is 10.1 Å². The van der Waals surface area contributed by atoms with Gasteiger partial charge in [-0.2, -0.15) is 0 Å². The Morgan fingerprint density at radius 1 is 1.32 bits per heavy atom. The van der Waals surface area contributed by atoms with E-state index in [4.69, 9.17) is 11.6 Å². The van der Waals surface area contributed by atoms with Crippen molar-refractivity contribution in [2.75, 3.05) is 12.4 Å². The number of hydrogen-bond acceptors (Lipinski definition) is 3. The Morgan fingerprint density at radius 3 is 2.68 bits per heavy atom. The number of rotatable bonds is 6. The highest BCUT2D eigenvalue weighted by Gasteiger charge is 2.11. The summed E-state index contributed by atoms with van der Waals surface area (Å²) in [6, 6.07) is 4.64. The van der Waals surface area contributed by atoms with E-state index < -0.39 is 5.97 Å². The molecular formula is C14H18ClNO3. The van der Waals surface area contributed by atoms with Crippen LogP contribution in [0.4, 0.5) is 5.69 Å². The van der Waals surface area contributed by atoms with E-state index in [1.807, 2.05) is 0 Å². The molecule has 1 aromatic rings. The largest absolute Gasteiger partial charge is 0.465 e. The molecular weight excluding hydrogens is 266 g/mol. The van der Waals surface area contributed by atoms with Crippen LogP contribution in [-0.4, -0.2) is 19.0 Å². The van der Waals surface area contributed by atoms with Crippen LogP contribution < -0.4 is 5.32 Å². The Morgan fingerprint density at radius 2 is 2.05 bits per heavy atom. The fourth-order valence-corrected chi connectivity index (χ4v) is 1.78. The number of nitrogens with one attached hydrogen (secondary N) is 1. The summed E-state index contributed by atoms with van der Waals surface area (Å²) in [4.78, 5) is 23.1. The van der Waals surface area contributed by atoms with E-state index in [2.05, 4.69) is 17.0 Å². The van der Waals surface area contributed by atoms with E-state index in [-0.39, 0.29) is 5.91 Å². The van der Waals surface area contributed by atoms with Crippen LogP contribution in [-0.2, 0) is 9.53 Å². The van der Waals surface area contributed by atoms with E-state index in [0.29, 0.717) is 22.7 Å². The maximum absolute atomic E-state index is 11.7. The quantitative estimate of drug-likeness (QED) is 0.640. The molecule has 5 heteroatoms. The van der Waals surface area contributed by atoms with Crippen molar-refractivity contribution >= 4 is 29.2 Å². The van der Waals surface area contributed by atoms with E-state index in [0.717, 1.165) is 19.3 Å². The second-order valence-corrected chi connectivity index (χ2v) is 4.60. The zero-order valence-electron chi connectivity index (χ0n) is 11.2. The van der Waals surface area contributed by atoms with E-state index in [1.54, 1.807) is 12.1 Å². The number of ether oxygens (including phenoxy) is 1. The molecule has 0 saturated heterocycles. The first-order chi connectivity index (χ1) is 9.08. The van der Waals surface area contributed by atoms with E-state index >= 15 is 0 Å². The molecule has 0 aliphatic carbocycles. The van der Waals surface area contributed by atoms with Gasteiger partial charge >= 0.3 is 5.97 Å². The van der Waals surface area contributed by atoms with Crippen molar-refractivity contribution in [3.8, 4) is 0 Å². The first kappa shape index (κ1) is 15.5. The van der Waals surface area contributed by atoms with Crippen LogP contribution in [0.1, 0.15) is 43.0 Å². The molecule has 4 nitrogen and oxygen atoms in total. The number of esters is 1. The molecule has 1 aromatic carbocycles. The summed E-state index contributed by atoms with van der Waals surface area (Å²) in [6.07, 6.45) is 3.37. The van der Waals surface area contributed by atoms with Crippen LogP contribution in [0.5, 0.6) is 0 Å². The average Bonchev–Trinajstić information content (AvgIpc) is 2.40. The van der Waals surface area contributed by atoms with Crippen molar-refractivity contribution in [1.29, 1.82) is 0 Å². The fraction of sp³-hybridized carbons (Fsp3) is 0.429. The highest BCUT2D eigenvalue weighted by molar-refractivity contribution is 6.33. The molecule has 0 heterocycles. The predicted molar refractivity (Wildman–Crippen MR) is 75.6 cm³/mol. The Kier molecular flexibility index (Phi) is 6.36. The lowest BCUT2D eigenvalue weighted by Gasteiger charge is -2.08. The van der Waals surface area contributed by atoms with Gasteiger partial charge in [0.2, 0.25) is 5.91 Å². The summed E-state index contributed by atoms with van der Waals surface area (Å²) in [5.74, 6) is -0.560. The highest BCUT2D eigenvalue weighted by Crippen LogP contribution is 2.23. The molecule has 0 unspecified atom stereocenters.